The molecule has 0 unspecified atom stereocenters. The summed E-state index contributed by atoms with van der Waals surface area (Å²) in [7, 11) is 1.72. The Morgan fingerprint density at radius 3 is 2.86 bits per heavy atom. The number of anilines is 1. The van der Waals surface area contributed by atoms with Crippen molar-refractivity contribution in [3.8, 4) is 11.4 Å². The topological polar surface area (TPSA) is 59.1 Å². The molecule has 1 aromatic carbocycles. The van der Waals surface area contributed by atoms with Crippen molar-refractivity contribution in [1.82, 2.24) is 15.3 Å². The normalized spacial score (nSPS) is 15.2. The van der Waals surface area contributed by atoms with E-state index in [2.05, 4.69) is 17.6 Å². The van der Waals surface area contributed by atoms with Crippen LogP contribution in [0.25, 0.3) is 11.4 Å². The van der Waals surface area contributed by atoms with Crippen molar-refractivity contribution >= 4 is 5.82 Å². The summed E-state index contributed by atoms with van der Waals surface area (Å²) in [4.78, 5) is 9.53. The third kappa shape index (κ3) is 3.26. The van der Waals surface area contributed by atoms with Crippen molar-refractivity contribution in [2.45, 2.75) is 25.9 Å². The van der Waals surface area contributed by atoms with E-state index in [9.17, 15) is 0 Å². The van der Waals surface area contributed by atoms with E-state index >= 15 is 0 Å². The van der Waals surface area contributed by atoms with Gasteiger partial charge in [0.15, 0.2) is 5.82 Å². The maximum Gasteiger partial charge on any atom is 0.161 e. The van der Waals surface area contributed by atoms with Crippen LogP contribution < -0.4 is 10.6 Å². The van der Waals surface area contributed by atoms with Gasteiger partial charge in [0.05, 0.1) is 12.3 Å². The number of hydrogen-bond donors (Lipinski definition) is 2. The second-order valence-corrected chi connectivity index (χ2v) is 5.61. The Labute approximate surface area is 131 Å². The number of nitrogens with zero attached hydrogens (tertiary/aromatic N) is 2. The number of benzene rings is 1. The zero-order valence-corrected chi connectivity index (χ0v) is 13.1. The highest BCUT2D eigenvalue weighted by Gasteiger charge is 2.19. The van der Waals surface area contributed by atoms with Crippen LogP contribution in [-0.4, -0.2) is 36.3 Å². The summed E-state index contributed by atoms with van der Waals surface area (Å²) in [6, 6.07) is 10.3. The number of fused-ring (bicyclic) bond motifs is 1. The first-order valence-electron chi connectivity index (χ1n) is 7.69. The van der Waals surface area contributed by atoms with Gasteiger partial charge in [-0.25, -0.2) is 9.97 Å². The zero-order valence-electron chi connectivity index (χ0n) is 13.1. The molecule has 5 heteroatoms. The summed E-state index contributed by atoms with van der Waals surface area (Å²) in [5.74, 6) is 1.71. The number of rotatable bonds is 5. The highest BCUT2D eigenvalue weighted by molar-refractivity contribution is 5.60. The summed E-state index contributed by atoms with van der Waals surface area (Å²) in [5.41, 5.74) is 3.35. The van der Waals surface area contributed by atoms with Crippen LogP contribution in [0.5, 0.6) is 0 Å². The van der Waals surface area contributed by atoms with Gasteiger partial charge in [-0.1, -0.05) is 30.3 Å². The Hall–Kier alpha value is -1.98. The van der Waals surface area contributed by atoms with Gasteiger partial charge in [-0.05, 0) is 19.9 Å². The predicted octanol–water partition coefficient (Wildman–Crippen LogP) is 2.24. The van der Waals surface area contributed by atoms with Crippen molar-refractivity contribution in [2.75, 3.05) is 25.6 Å². The molecule has 0 saturated carbocycles. The molecule has 0 fully saturated rings. The first-order chi connectivity index (χ1) is 10.8. The van der Waals surface area contributed by atoms with E-state index in [1.165, 1.54) is 5.56 Å². The molecule has 0 radical (unpaired) electrons. The van der Waals surface area contributed by atoms with E-state index in [1.54, 1.807) is 7.11 Å². The Morgan fingerprint density at radius 1 is 1.27 bits per heavy atom. The minimum absolute atomic E-state index is 0.211. The number of hydrogen-bond acceptors (Lipinski definition) is 5. The summed E-state index contributed by atoms with van der Waals surface area (Å²) in [6.07, 6.45) is 0.951. The summed E-state index contributed by atoms with van der Waals surface area (Å²) < 4.78 is 5.22. The van der Waals surface area contributed by atoms with Gasteiger partial charge < -0.3 is 15.4 Å². The van der Waals surface area contributed by atoms with Crippen LogP contribution in [0, 0.1) is 0 Å². The lowest BCUT2D eigenvalue weighted by molar-refractivity contribution is 0.190. The molecule has 1 aliphatic rings. The lowest BCUT2D eigenvalue weighted by Crippen LogP contribution is -2.29. The second-order valence-electron chi connectivity index (χ2n) is 5.61. The minimum Gasteiger partial charge on any atom is -0.383 e. The molecule has 0 bridgehead atoms. The fourth-order valence-corrected chi connectivity index (χ4v) is 2.72. The van der Waals surface area contributed by atoms with E-state index in [4.69, 9.17) is 14.7 Å². The highest BCUT2D eigenvalue weighted by Crippen LogP contribution is 2.25. The van der Waals surface area contributed by atoms with Gasteiger partial charge in [-0.15, -0.1) is 0 Å². The van der Waals surface area contributed by atoms with Gasteiger partial charge in [0.2, 0.25) is 0 Å². The average Bonchev–Trinajstić information content (AvgIpc) is 2.56. The zero-order chi connectivity index (χ0) is 15.4. The molecule has 2 aromatic rings. The lowest BCUT2D eigenvalue weighted by Gasteiger charge is -2.23. The fraction of sp³-hybridized carbons (Fsp3) is 0.412. The van der Waals surface area contributed by atoms with Crippen molar-refractivity contribution in [1.29, 1.82) is 0 Å². The fourth-order valence-electron chi connectivity index (χ4n) is 2.72. The predicted molar refractivity (Wildman–Crippen MR) is 87.8 cm³/mol. The Kier molecular flexibility index (Phi) is 4.65. The van der Waals surface area contributed by atoms with E-state index in [0.717, 1.165) is 42.4 Å². The molecular weight excluding hydrogens is 276 g/mol. The quantitative estimate of drug-likeness (QED) is 0.886. The Balaban J connectivity index is 1.99. The SMILES string of the molecule is COC[C@H](C)Nc1nc(-c2ccccc2)nc2c1CCNC2. The number of aromatic nitrogens is 2. The summed E-state index contributed by atoms with van der Waals surface area (Å²) in [5, 5.41) is 6.86. The number of methoxy groups -OCH3 is 1. The first-order valence-corrected chi connectivity index (χ1v) is 7.69. The molecule has 1 atom stereocenters. The molecule has 2 heterocycles. The summed E-state index contributed by atoms with van der Waals surface area (Å²) in [6.45, 7) is 4.51. The van der Waals surface area contributed by atoms with Crippen LogP contribution in [0.3, 0.4) is 0 Å². The van der Waals surface area contributed by atoms with Crippen LogP contribution in [0.15, 0.2) is 30.3 Å². The third-order valence-corrected chi connectivity index (χ3v) is 3.77. The van der Waals surface area contributed by atoms with Crippen LogP contribution in [-0.2, 0) is 17.7 Å². The van der Waals surface area contributed by atoms with Gasteiger partial charge in [0.25, 0.3) is 0 Å². The van der Waals surface area contributed by atoms with E-state index in [1.807, 2.05) is 30.3 Å². The van der Waals surface area contributed by atoms with Gasteiger partial charge in [0.1, 0.15) is 5.82 Å². The maximum atomic E-state index is 5.22. The minimum atomic E-state index is 0.211. The third-order valence-electron chi connectivity index (χ3n) is 3.77. The second kappa shape index (κ2) is 6.85. The van der Waals surface area contributed by atoms with E-state index in [-0.39, 0.29) is 6.04 Å². The molecule has 0 amide bonds. The average molecular weight is 298 g/mol. The largest absolute Gasteiger partial charge is 0.383 e. The molecule has 2 N–H and O–H groups in total. The molecule has 1 aromatic heterocycles. The van der Waals surface area contributed by atoms with Gasteiger partial charge >= 0.3 is 0 Å². The molecule has 3 rings (SSSR count). The lowest BCUT2D eigenvalue weighted by atomic mass is 10.1. The molecular formula is C17H22N4O. The summed E-state index contributed by atoms with van der Waals surface area (Å²) >= 11 is 0. The van der Waals surface area contributed by atoms with Gasteiger partial charge in [0, 0.05) is 30.8 Å². The number of ether oxygens (including phenoxy) is 1. The standard InChI is InChI=1S/C17H22N4O/c1-12(11-22-2)19-17-14-8-9-18-10-15(14)20-16(21-17)13-6-4-3-5-7-13/h3-7,12,18H,8-11H2,1-2H3,(H,19,20,21)/t12-/m0/s1. The molecule has 0 saturated heterocycles. The number of nitrogens with one attached hydrogen (secondary N) is 2. The van der Waals surface area contributed by atoms with Crippen molar-refractivity contribution in [3.63, 3.8) is 0 Å². The first kappa shape index (κ1) is 14.9. The van der Waals surface area contributed by atoms with Gasteiger partial charge in [-0.3, -0.25) is 0 Å². The monoisotopic (exact) mass is 298 g/mol. The maximum absolute atomic E-state index is 5.22. The van der Waals surface area contributed by atoms with Crippen LogP contribution in [0.4, 0.5) is 5.82 Å². The molecule has 5 nitrogen and oxygen atoms in total. The van der Waals surface area contributed by atoms with Crippen molar-refractivity contribution < 1.29 is 4.74 Å². The molecule has 0 aliphatic carbocycles. The van der Waals surface area contributed by atoms with E-state index < -0.39 is 0 Å². The molecule has 1 aliphatic heterocycles. The smallest absolute Gasteiger partial charge is 0.161 e. The Bertz CT molecular complexity index is 630. The van der Waals surface area contributed by atoms with Crippen molar-refractivity contribution in [3.05, 3.63) is 41.6 Å². The molecule has 22 heavy (non-hydrogen) atoms. The van der Waals surface area contributed by atoms with E-state index in [0.29, 0.717) is 6.61 Å². The highest BCUT2D eigenvalue weighted by atomic mass is 16.5. The Morgan fingerprint density at radius 2 is 2.09 bits per heavy atom. The molecule has 116 valence electrons. The van der Waals surface area contributed by atoms with Gasteiger partial charge in [-0.2, -0.15) is 0 Å². The van der Waals surface area contributed by atoms with Crippen LogP contribution in [0.2, 0.25) is 0 Å². The molecule has 0 spiro atoms. The van der Waals surface area contributed by atoms with Crippen LogP contribution in [0.1, 0.15) is 18.2 Å². The van der Waals surface area contributed by atoms with Crippen LogP contribution >= 0.6 is 0 Å². The van der Waals surface area contributed by atoms with Crippen molar-refractivity contribution in [2.24, 2.45) is 0 Å².